The molecule has 0 aromatic heterocycles. The van der Waals surface area contributed by atoms with Crippen molar-refractivity contribution >= 4 is 17.7 Å². The number of benzene rings is 2. The molecule has 1 unspecified atom stereocenters. The molecule has 0 fully saturated rings. The van der Waals surface area contributed by atoms with Gasteiger partial charge in [0, 0.05) is 18.1 Å². The molecule has 144 valence electrons. The predicted molar refractivity (Wildman–Crippen MR) is 114 cm³/mol. The molecule has 0 radical (unpaired) electrons. The Bertz CT molecular complexity index is 757. The largest absolute Gasteiger partial charge is 0.481 e. The van der Waals surface area contributed by atoms with Gasteiger partial charge < -0.3 is 10.1 Å². The highest BCUT2D eigenvalue weighted by Gasteiger charge is 2.19. The Morgan fingerprint density at radius 1 is 1.15 bits per heavy atom. The van der Waals surface area contributed by atoms with Crippen LogP contribution in [0, 0.1) is 6.92 Å². The van der Waals surface area contributed by atoms with Crippen LogP contribution in [0.2, 0.25) is 0 Å². The summed E-state index contributed by atoms with van der Waals surface area (Å²) >= 11 is 1.83. The van der Waals surface area contributed by atoms with Crippen LogP contribution in [-0.2, 0) is 23.4 Å². The topological polar surface area (TPSA) is 38.3 Å². The van der Waals surface area contributed by atoms with Crippen LogP contribution in [-0.4, -0.2) is 24.3 Å². The maximum absolute atomic E-state index is 12.3. The van der Waals surface area contributed by atoms with Crippen LogP contribution in [0.15, 0.2) is 42.5 Å². The van der Waals surface area contributed by atoms with Crippen molar-refractivity contribution in [2.75, 3.05) is 12.3 Å². The average molecular weight is 384 g/mol. The van der Waals surface area contributed by atoms with Gasteiger partial charge in [-0.2, -0.15) is 11.8 Å². The van der Waals surface area contributed by atoms with Gasteiger partial charge in [0.15, 0.2) is 6.10 Å². The third kappa shape index (κ3) is 5.77. The minimum Gasteiger partial charge on any atom is -0.481 e. The highest BCUT2D eigenvalue weighted by molar-refractivity contribution is 7.98. The van der Waals surface area contributed by atoms with E-state index in [9.17, 15) is 4.79 Å². The number of amides is 1. The third-order valence-corrected chi connectivity index (χ3v) is 5.99. The van der Waals surface area contributed by atoms with Crippen LogP contribution in [0.25, 0.3) is 0 Å². The van der Waals surface area contributed by atoms with Crippen LogP contribution < -0.4 is 10.1 Å². The SMILES string of the molecule is Cc1ccc(CSCCNC(=O)C(C)Oc2cccc3c2CCCC3)cc1. The van der Waals surface area contributed by atoms with Crippen molar-refractivity contribution in [1.29, 1.82) is 0 Å². The van der Waals surface area contributed by atoms with Crippen molar-refractivity contribution in [2.45, 2.75) is 51.4 Å². The number of rotatable bonds is 8. The fraction of sp³-hybridized carbons (Fsp3) is 0.435. The standard InChI is InChI=1S/C23H29NO2S/c1-17-10-12-19(13-11-17)16-27-15-14-24-23(25)18(2)26-22-9-5-7-20-6-3-4-8-21(20)22/h5,7,9-13,18H,3-4,6,8,14-16H2,1-2H3,(H,24,25). The highest BCUT2D eigenvalue weighted by Crippen LogP contribution is 2.30. The molecule has 0 saturated carbocycles. The van der Waals surface area contributed by atoms with Crippen molar-refractivity contribution < 1.29 is 9.53 Å². The first-order valence-corrected chi connectivity index (χ1v) is 11.0. The second-order valence-electron chi connectivity index (χ2n) is 7.19. The number of carbonyl (C=O) groups excluding carboxylic acids is 1. The van der Waals surface area contributed by atoms with Gasteiger partial charge in [0.25, 0.3) is 5.91 Å². The van der Waals surface area contributed by atoms with Gasteiger partial charge in [-0.15, -0.1) is 0 Å². The lowest BCUT2D eigenvalue weighted by atomic mass is 9.91. The van der Waals surface area contributed by atoms with E-state index in [0.717, 1.165) is 30.1 Å². The first kappa shape index (κ1) is 19.8. The molecule has 2 aromatic carbocycles. The molecule has 1 aliphatic rings. The van der Waals surface area contributed by atoms with E-state index in [1.807, 2.05) is 30.8 Å². The molecule has 0 saturated heterocycles. The van der Waals surface area contributed by atoms with Gasteiger partial charge in [0.2, 0.25) is 0 Å². The van der Waals surface area contributed by atoms with Crippen LogP contribution in [0.1, 0.15) is 42.0 Å². The van der Waals surface area contributed by atoms with Gasteiger partial charge in [-0.1, -0.05) is 42.0 Å². The van der Waals surface area contributed by atoms with Crippen molar-refractivity contribution in [3.63, 3.8) is 0 Å². The molecule has 27 heavy (non-hydrogen) atoms. The number of carbonyl (C=O) groups is 1. The third-order valence-electron chi connectivity index (χ3n) is 4.96. The first-order valence-electron chi connectivity index (χ1n) is 9.82. The maximum Gasteiger partial charge on any atom is 0.260 e. The Morgan fingerprint density at radius 3 is 2.74 bits per heavy atom. The Morgan fingerprint density at radius 2 is 1.93 bits per heavy atom. The summed E-state index contributed by atoms with van der Waals surface area (Å²) in [6.07, 6.45) is 4.14. The summed E-state index contributed by atoms with van der Waals surface area (Å²) in [6.45, 7) is 4.59. The van der Waals surface area contributed by atoms with Crippen LogP contribution in [0.5, 0.6) is 5.75 Å². The molecular formula is C23H29NO2S. The number of nitrogens with one attached hydrogen (secondary N) is 1. The van der Waals surface area contributed by atoms with E-state index >= 15 is 0 Å². The molecule has 0 bridgehead atoms. The summed E-state index contributed by atoms with van der Waals surface area (Å²) in [6, 6.07) is 14.8. The smallest absolute Gasteiger partial charge is 0.260 e. The Kier molecular flexibility index (Phi) is 7.22. The molecule has 1 atom stereocenters. The molecule has 1 amide bonds. The Labute approximate surface area is 166 Å². The van der Waals surface area contributed by atoms with Gasteiger partial charge in [0.05, 0.1) is 0 Å². The summed E-state index contributed by atoms with van der Waals surface area (Å²) in [5, 5.41) is 2.99. The second-order valence-corrected chi connectivity index (χ2v) is 8.30. The van der Waals surface area contributed by atoms with Crippen molar-refractivity contribution in [2.24, 2.45) is 0 Å². The Hall–Kier alpha value is -1.94. The zero-order valence-electron chi connectivity index (χ0n) is 16.3. The zero-order chi connectivity index (χ0) is 19.1. The van der Waals surface area contributed by atoms with Gasteiger partial charge in [-0.25, -0.2) is 0 Å². The van der Waals surface area contributed by atoms with E-state index in [0.29, 0.717) is 6.54 Å². The number of ether oxygens (including phenoxy) is 1. The lowest BCUT2D eigenvalue weighted by molar-refractivity contribution is -0.127. The number of thioether (sulfide) groups is 1. The predicted octanol–water partition coefficient (Wildman–Crippen LogP) is 4.69. The molecular weight excluding hydrogens is 354 g/mol. The number of fused-ring (bicyclic) bond motifs is 1. The molecule has 2 aromatic rings. The molecule has 0 spiro atoms. The minimum absolute atomic E-state index is 0.0423. The van der Waals surface area contributed by atoms with Crippen LogP contribution in [0.3, 0.4) is 0 Å². The summed E-state index contributed by atoms with van der Waals surface area (Å²) in [4.78, 5) is 12.3. The monoisotopic (exact) mass is 383 g/mol. The summed E-state index contributed by atoms with van der Waals surface area (Å²) < 4.78 is 5.99. The highest BCUT2D eigenvalue weighted by atomic mass is 32.2. The number of hydrogen-bond donors (Lipinski definition) is 1. The van der Waals surface area contributed by atoms with E-state index in [4.69, 9.17) is 4.74 Å². The minimum atomic E-state index is -0.472. The quantitative estimate of drug-likeness (QED) is 0.672. The summed E-state index contributed by atoms with van der Waals surface area (Å²) in [5.41, 5.74) is 5.27. The first-order chi connectivity index (χ1) is 13.1. The van der Waals surface area contributed by atoms with Gasteiger partial charge in [0.1, 0.15) is 5.75 Å². The molecule has 3 rings (SSSR count). The second kappa shape index (κ2) is 9.84. The zero-order valence-corrected chi connectivity index (χ0v) is 17.1. The summed E-state index contributed by atoms with van der Waals surface area (Å²) in [5.74, 6) is 2.70. The van der Waals surface area contributed by atoms with E-state index in [1.165, 1.54) is 35.1 Å². The van der Waals surface area contributed by atoms with Crippen molar-refractivity contribution in [3.05, 3.63) is 64.7 Å². The van der Waals surface area contributed by atoms with Gasteiger partial charge in [-0.3, -0.25) is 4.79 Å². The molecule has 3 nitrogen and oxygen atoms in total. The molecule has 4 heteroatoms. The molecule has 1 aliphatic carbocycles. The lowest BCUT2D eigenvalue weighted by Gasteiger charge is -2.22. The maximum atomic E-state index is 12.3. The number of hydrogen-bond acceptors (Lipinski definition) is 3. The van der Waals surface area contributed by atoms with Crippen molar-refractivity contribution in [1.82, 2.24) is 5.32 Å². The summed E-state index contributed by atoms with van der Waals surface area (Å²) in [7, 11) is 0. The normalized spacial score (nSPS) is 14.3. The lowest BCUT2D eigenvalue weighted by Crippen LogP contribution is -2.37. The van der Waals surface area contributed by atoms with E-state index < -0.39 is 6.10 Å². The molecule has 1 N–H and O–H groups in total. The molecule has 0 heterocycles. The van der Waals surface area contributed by atoms with E-state index in [1.54, 1.807) is 0 Å². The van der Waals surface area contributed by atoms with Crippen LogP contribution in [0.4, 0.5) is 0 Å². The van der Waals surface area contributed by atoms with E-state index in [2.05, 4.69) is 42.6 Å². The Balaban J connectivity index is 1.40. The van der Waals surface area contributed by atoms with E-state index in [-0.39, 0.29) is 5.91 Å². The fourth-order valence-corrected chi connectivity index (χ4v) is 4.18. The van der Waals surface area contributed by atoms with Crippen LogP contribution >= 0.6 is 11.8 Å². The van der Waals surface area contributed by atoms with Crippen molar-refractivity contribution in [3.8, 4) is 5.75 Å². The number of aryl methyl sites for hydroxylation is 2. The molecule has 0 aliphatic heterocycles. The van der Waals surface area contributed by atoms with Gasteiger partial charge in [-0.05, 0) is 62.3 Å². The fourth-order valence-electron chi connectivity index (χ4n) is 3.37. The average Bonchev–Trinajstić information content (AvgIpc) is 2.69. The van der Waals surface area contributed by atoms with Gasteiger partial charge >= 0.3 is 0 Å².